The first kappa shape index (κ1) is 7.63. The second-order valence-corrected chi connectivity index (χ2v) is 2.93. The number of thioether (sulfide) groups is 1. The van der Waals surface area contributed by atoms with Crippen molar-refractivity contribution in [3.63, 3.8) is 0 Å². The van der Waals surface area contributed by atoms with Crippen LogP contribution in [0.4, 0.5) is 0 Å². The normalized spacial score (nSPS) is 25.6. The molecule has 1 aliphatic heterocycles. The van der Waals surface area contributed by atoms with Gasteiger partial charge in [0.25, 0.3) is 5.91 Å². The van der Waals surface area contributed by atoms with Crippen molar-refractivity contribution < 1.29 is 9.53 Å². The molecule has 1 N–H and O–H groups in total. The zero-order valence-corrected chi connectivity index (χ0v) is 6.70. The van der Waals surface area contributed by atoms with Gasteiger partial charge in [-0.25, -0.2) is 0 Å². The van der Waals surface area contributed by atoms with E-state index >= 15 is 0 Å². The van der Waals surface area contributed by atoms with Gasteiger partial charge in [0.15, 0.2) is 5.44 Å². The molecule has 0 aromatic rings. The number of carbonyl (C=O) groups is 1. The maximum absolute atomic E-state index is 10.9. The number of amides is 1. The van der Waals surface area contributed by atoms with E-state index in [4.69, 9.17) is 4.74 Å². The average Bonchev–Trinajstić information content (AvgIpc) is 1.88. The lowest BCUT2D eigenvalue weighted by molar-refractivity contribution is -0.125. The highest BCUT2D eigenvalue weighted by atomic mass is 32.2. The summed E-state index contributed by atoms with van der Waals surface area (Å²) in [5.41, 5.74) is 0.506. The van der Waals surface area contributed by atoms with E-state index in [1.54, 1.807) is 0 Å². The number of hydrogen-bond acceptors (Lipinski definition) is 3. The molecule has 1 unspecified atom stereocenters. The van der Waals surface area contributed by atoms with Gasteiger partial charge in [-0.1, -0.05) is 11.8 Å². The summed E-state index contributed by atoms with van der Waals surface area (Å²) in [5, 5.41) is 4.53. The Kier molecular flexibility index (Phi) is 2.34. The van der Waals surface area contributed by atoms with Gasteiger partial charge in [-0.05, 0) is 12.3 Å². The van der Waals surface area contributed by atoms with Crippen LogP contribution in [0.3, 0.4) is 0 Å². The SMILES string of the molecule is COC1SC=C(C)NC1=O. The minimum absolute atomic E-state index is 0.0764. The molecule has 0 aliphatic carbocycles. The Hall–Kier alpha value is -0.480. The first-order valence-corrected chi connectivity index (χ1v) is 3.84. The molecule has 1 rings (SSSR count). The van der Waals surface area contributed by atoms with E-state index in [9.17, 15) is 4.79 Å². The summed E-state index contributed by atoms with van der Waals surface area (Å²) >= 11 is 1.38. The Morgan fingerprint density at radius 2 is 2.50 bits per heavy atom. The lowest BCUT2D eigenvalue weighted by Crippen LogP contribution is -2.34. The molecule has 4 heteroatoms. The zero-order chi connectivity index (χ0) is 7.56. The van der Waals surface area contributed by atoms with Crippen molar-refractivity contribution in [1.29, 1.82) is 0 Å². The summed E-state index contributed by atoms with van der Waals surface area (Å²) in [7, 11) is 1.52. The fourth-order valence-corrected chi connectivity index (χ4v) is 1.35. The van der Waals surface area contributed by atoms with Gasteiger partial charge in [0, 0.05) is 12.8 Å². The molecule has 0 radical (unpaired) electrons. The van der Waals surface area contributed by atoms with Crippen molar-refractivity contribution >= 4 is 17.7 Å². The first-order chi connectivity index (χ1) is 4.74. The maximum atomic E-state index is 10.9. The van der Waals surface area contributed by atoms with E-state index in [0.717, 1.165) is 5.70 Å². The van der Waals surface area contributed by atoms with Crippen LogP contribution in [-0.2, 0) is 9.53 Å². The van der Waals surface area contributed by atoms with Crippen molar-refractivity contribution in [2.24, 2.45) is 0 Å². The topological polar surface area (TPSA) is 38.3 Å². The summed E-state index contributed by atoms with van der Waals surface area (Å²) in [6.07, 6.45) is 0. The minimum atomic E-state index is -0.372. The van der Waals surface area contributed by atoms with Crippen LogP contribution < -0.4 is 5.32 Å². The third kappa shape index (κ3) is 1.52. The molecule has 0 bridgehead atoms. The molecule has 0 aromatic carbocycles. The fourth-order valence-electron chi connectivity index (χ4n) is 0.671. The Morgan fingerprint density at radius 1 is 1.80 bits per heavy atom. The lowest BCUT2D eigenvalue weighted by atomic mass is 10.5. The van der Waals surface area contributed by atoms with E-state index in [2.05, 4.69) is 5.32 Å². The Morgan fingerprint density at radius 3 is 3.00 bits per heavy atom. The highest BCUT2D eigenvalue weighted by Crippen LogP contribution is 2.19. The van der Waals surface area contributed by atoms with E-state index in [1.807, 2.05) is 12.3 Å². The molecular weight excluding hydrogens is 150 g/mol. The van der Waals surface area contributed by atoms with Crippen LogP contribution in [0.15, 0.2) is 11.1 Å². The molecule has 56 valence electrons. The van der Waals surface area contributed by atoms with Gasteiger partial charge >= 0.3 is 0 Å². The molecule has 0 aromatic heterocycles. The minimum Gasteiger partial charge on any atom is -0.360 e. The first-order valence-electron chi connectivity index (χ1n) is 2.90. The summed E-state index contributed by atoms with van der Waals surface area (Å²) in [5.74, 6) is -0.0764. The summed E-state index contributed by atoms with van der Waals surface area (Å²) in [6, 6.07) is 0. The molecule has 1 aliphatic rings. The van der Waals surface area contributed by atoms with Crippen LogP contribution in [0.1, 0.15) is 6.92 Å². The Balaban J connectivity index is 2.61. The number of carbonyl (C=O) groups excluding carboxylic acids is 1. The smallest absolute Gasteiger partial charge is 0.264 e. The molecule has 1 atom stereocenters. The third-order valence-corrected chi connectivity index (χ3v) is 2.26. The van der Waals surface area contributed by atoms with Crippen LogP contribution in [0.5, 0.6) is 0 Å². The van der Waals surface area contributed by atoms with Crippen LogP contribution in [0.25, 0.3) is 0 Å². The van der Waals surface area contributed by atoms with Crippen molar-refractivity contribution in [2.75, 3.05) is 7.11 Å². The Labute approximate surface area is 63.8 Å². The van der Waals surface area contributed by atoms with E-state index in [-0.39, 0.29) is 11.3 Å². The molecule has 0 spiro atoms. The quantitative estimate of drug-likeness (QED) is 0.611. The molecule has 0 saturated carbocycles. The van der Waals surface area contributed by atoms with Crippen molar-refractivity contribution in [2.45, 2.75) is 12.4 Å². The number of ether oxygens (including phenoxy) is 1. The molecule has 0 saturated heterocycles. The van der Waals surface area contributed by atoms with Crippen molar-refractivity contribution in [3.8, 4) is 0 Å². The van der Waals surface area contributed by atoms with Gasteiger partial charge in [-0.15, -0.1) is 0 Å². The van der Waals surface area contributed by atoms with Crippen LogP contribution >= 0.6 is 11.8 Å². The molecule has 3 nitrogen and oxygen atoms in total. The van der Waals surface area contributed by atoms with Gasteiger partial charge in [0.05, 0.1) is 0 Å². The standard InChI is InChI=1S/C6H9NO2S/c1-4-3-10-6(9-2)5(8)7-4/h3,6H,1-2H3,(H,7,8). The number of nitrogens with one attached hydrogen (secondary N) is 1. The van der Waals surface area contributed by atoms with Crippen molar-refractivity contribution in [1.82, 2.24) is 5.32 Å². The highest BCUT2D eigenvalue weighted by Gasteiger charge is 2.20. The molecule has 0 fully saturated rings. The second-order valence-electron chi connectivity index (χ2n) is 1.99. The number of allylic oxidation sites excluding steroid dienone is 1. The maximum Gasteiger partial charge on any atom is 0.264 e. The summed E-state index contributed by atoms with van der Waals surface area (Å²) in [6.45, 7) is 1.84. The predicted octanol–water partition coefficient (Wildman–Crippen LogP) is 0.683. The van der Waals surface area contributed by atoms with Crippen LogP contribution in [0.2, 0.25) is 0 Å². The third-order valence-electron chi connectivity index (χ3n) is 1.12. The van der Waals surface area contributed by atoms with E-state index < -0.39 is 0 Å². The van der Waals surface area contributed by atoms with E-state index in [1.165, 1.54) is 18.9 Å². The van der Waals surface area contributed by atoms with Crippen molar-refractivity contribution in [3.05, 3.63) is 11.1 Å². The monoisotopic (exact) mass is 159 g/mol. The average molecular weight is 159 g/mol. The van der Waals surface area contributed by atoms with Crippen LogP contribution in [-0.4, -0.2) is 18.5 Å². The predicted molar refractivity (Wildman–Crippen MR) is 40.3 cm³/mol. The molecule has 10 heavy (non-hydrogen) atoms. The number of hydrogen-bond donors (Lipinski definition) is 1. The summed E-state index contributed by atoms with van der Waals surface area (Å²) < 4.78 is 4.86. The molecule has 1 heterocycles. The lowest BCUT2D eigenvalue weighted by Gasteiger charge is -2.17. The number of methoxy groups -OCH3 is 1. The number of rotatable bonds is 1. The molecular formula is C6H9NO2S. The van der Waals surface area contributed by atoms with Gasteiger partial charge < -0.3 is 10.1 Å². The molecule has 1 amide bonds. The van der Waals surface area contributed by atoms with Crippen LogP contribution in [0, 0.1) is 0 Å². The fraction of sp³-hybridized carbons (Fsp3) is 0.500. The largest absolute Gasteiger partial charge is 0.360 e. The van der Waals surface area contributed by atoms with Gasteiger partial charge in [-0.2, -0.15) is 0 Å². The van der Waals surface area contributed by atoms with Gasteiger partial charge in [0.2, 0.25) is 0 Å². The second kappa shape index (κ2) is 3.07. The zero-order valence-electron chi connectivity index (χ0n) is 5.88. The Bertz CT molecular complexity index is 179. The van der Waals surface area contributed by atoms with Gasteiger partial charge in [-0.3, -0.25) is 4.79 Å². The van der Waals surface area contributed by atoms with E-state index in [0.29, 0.717) is 0 Å². The highest BCUT2D eigenvalue weighted by molar-refractivity contribution is 8.03. The summed E-state index contributed by atoms with van der Waals surface area (Å²) in [4.78, 5) is 10.9. The van der Waals surface area contributed by atoms with Gasteiger partial charge in [0.1, 0.15) is 0 Å².